The number of para-hydroxylation sites is 2. The molecule has 2 amide bonds. The lowest BCUT2D eigenvalue weighted by Gasteiger charge is -2.31. The van der Waals surface area contributed by atoms with Gasteiger partial charge in [-0.3, -0.25) is 9.59 Å². The van der Waals surface area contributed by atoms with Gasteiger partial charge in [-0.15, -0.1) is 10.2 Å². The van der Waals surface area contributed by atoms with Gasteiger partial charge < -0.3 is 15.0 Å². The fourth-order valence-corrected chi connectivity index (χ4v) is 3.94. The molecule has 1 saturated heterocycles. The molecule has 0 spiro atoms. The number of methoxy groups -OCH3 is 1. The molecule has 1 N–H and O–H groups in total. The van der Waals surface area contributed by atoms with E-state index in [9.17, 15) is 9.59 Å². The smallest absolute Gasteiger partial charge is 0.227 e. The molecule has 3 aromatic rings. The van der Waals surface area contributed by atoms with Crippen LogP contribution >= 0.6 is 0 Å². The zero-order valence-electron chi connectivity index (χ0n) is 18.7. The van der Waals surface area contributed by atoms with Crippen molar-refractivity contribution in [3.05, 3.63) is 54.6 Å². The number of carbonyl (C=O) groups is 2. The molecule has 172 valence electrons. The van der Waals surface area contributed by atoms with E-state index in [4.69, 9.17) is 4.74 Å². The summed E-state index contributed by atoms with van der Waals surface area (Å²) in [7, 11) is 1.58. The number of hydrogen-bond donors (Lipinski definition) is 1. The van der Waals surface area contributed by atoms with Crippen LogP contribution in [0.5, 0.6) is 5.75 Å². The van der Waals surface area contributed by atoms with Crippen LogP contribution in [0.1, 0.15) is 25.7 Å². The van der Waals surface area contributed by atoms with Crippen molar-refractivity contribution in [2.75, 3.05) is 25.5 Å². The molecule has 9 nitrogen and oxygen atoms in total. The lowest BCUT2D eigenvalue weighted by molar-refractivity contribution is -0.134. The SMILES string of the molecule is COc1ccccc1NC(=O)C1CCN(C(=O)CCCn2nnc(-c3ccccc3)n2)CC1. The second-order valence-corrected chi connectivity index (χ2v) is 8.02. The summed E-state index contributed by atoms with van der Waals surface area (Å²) in [6.07, 6.45) is 2.35. The van der Waals surface area contributed by atoms with Crippen molar-refractivity contribution in [1.82, 2.24) is 25.1 Å². The van der Waals surface area contributed by atoms with Gasteiger partial charge in [0.15, 0.2) is 0 Å². The highest BCUT2D eigenvalue weighted by Gasteiger charge is 2.27. The maximum Gasteiger partial charge on any atom is 0.227 e. The number of nitrogens with one attached hydrogen (secondary N) is 1. The number of anilines is 1. The van der Waals surface area contributed by atoms with Gasteiger partial charge in [0.1, 0.15) is 5.75 Å². The summed E-state index contributed by atoms with van der Waals surface area (Å²) in [6.45, 7) is 1.70. The maximum absolute atomic E-state index is 12.7. The van der Waals surface area contributed by atoms with E-state index >= 15 is 0 Å². The number of tetrazole rings is 1. The first-order chi connectivity index (χ1) is 16.1. The molecule has 1 aromatic heterocycles. The number of amides is 2. The minimum Gasteiger partial charge on any atom is -0.495 e. The van der Waals surface area contributed by atoms with E-state index in [2.05, 4.69) is 20.7 Å². The lowest BCUT2D eigenvalue weighted by Crippen LogP contribution is -2.41. The van der Waals surface area contributed by atoms with Gasteiger partial charge in [0, 0.05) is 31.0 Å². The van der Waals surface area contributed by atoms with Gasteiger partial charge in [-0.1, -0.05) is 42.5 Å². The van der Waals surface area contributed by atoms with E-state index in [1.54, 1.807) is 7.11 Å². The molecule has 0 atom stereocenters. The van der Waals surface area contributed by atoms with E-state index in [0.29, 0.717) is 62.6 Å². The summed E-state index contributed by atoms with van der Waals surface area (Å²) in [5, 5.41) is 15.5. The number of likely N-dealkylation sites (tertiary alicyclic amines) is 1. The Morgan fingerprint density at radius 2 is 1.79 bits per heavy atom. The standard InChI is InChI=1S/C24H28N6O3/c1-33-21-11-6-5-10-20(21)25-24(32)19-13-16-29(17-14-19)22(31)12-7-15-30-27-23(26-28-30)18-8-3-2-4-9-18/h2-6,8-11,19H,7,12-17H2,1H3,(H,25,32). The van der Waals surface area contributed by atoms with Gasteiger partial charge in [-0.05, 0) is 36.6 Å². The average Bonchev–Trinajstić information content (AvgIpc) is 3.34. The Labute approximate surface area is 192 Å². The number of piperidine rings is 1. The molecule has 9 heteroatoms. The zero-order valence-corrected chi connectivity index (χ0v) is 18.7. The number of carbonyl (C=O) groups excluding carboxylic acids is 2. The highest BCUT2D eigenvalue weighted by Crippen LogP contribution is 2.26. The topological polar surface area (TPSA) is 102 Å². The predicted molar refractivity (Wildman–Crippen MR) is 123 cm³/mol. The molecular weight excluding hydrogens is 420 g/mol. The molecule has 0 bridgehead atoms. The van der Waals surface area contributed by atoms with Gasteiger partial charge in [-0.2, -0.15) is 4.80 Å². The predicted octanol–water partition coefficient (Wildman–Crippen LogP) is 3.01. The second-order valence-electron chi connectivity index (χ2n) is 8.02. The Morgan fingerprint density at radius 3 is 2.55 bits per heavy atom. The molecule has 2 heterocycles. The summed E-state index contributed by atoms with van der Waals surface area (Å²) in [5.41, 5.74) is 1.58. The summed E-state index contributed by atoms with van der Waals surface area (Å²) in [4.78, 5) is 28.6. The quantitative estimate of drug-likeness (QED) is 0.568. The first-order valence-corrected chi connectivity index (χ1v) is 11.2. The minimum atomic E-state index is -0.116. The van der Waals surface area contributed by atoms with E-state index < -0.39 is 0 Å². The molecule has 1 fully saturated rings. The Morgan fingerprint density at radius 1 is 1.06 bits per heavy atom. The van der Waals surface area contributed by atoms with Crippen molar-refractivity contribution in [3.63, 3.8) is 0 Å². The fourth-order valence-electron chi connectivity index (χ4n) is 3.94. The number of benzene rings is 2. The molecule has 0 aliphatic carbocycles. The second kappa shape index (κ2) is 10.7. The number of aryl methyl sites for hydroxylation is 1. The number of nitrogens with zero attached hydrogens (tertiary/aromatic N) is 5. The van der Waals surface area contributed by atoms with E-state index in [1.165, 1.54) is 4.80 Å². The van der Waals surface area contributed by atoms with Crippen molar-refractivity contribution < 1.29 is 14.3 Å². The Balaban J connectivity index is 1.20. The number of hydrogen-bond acceptors (Lipinski definition) is 6. The molecule has 1 aliphatic rings. The van der Waals surface area contributed by atoms with Crippen molar-refractivity contribution in [1.29, 1.82) is 0 Å². The third kappa shape index (κ3) is 5.74. The van der Waals surface area contributed by atoms with Crippen molar-refractivity contribution in [2.45, 2.75) is 32.2 Å². The third-order valence-electron chi connectivity index (χ3n) is 5.82. The van der Waals surface area contributed by atoms with Crippen molar-refractivity contribution in [2.24, 2.45) is 5.92 Å². The van der Waals surface area contributed by atoms with Gasteiger partial charge in [-0.25, -0.2) is 0 Å². The Hall–Kier alpha value is -3.75. The fraction of sp³-hybridized carbons (Fsp3) is 0.375. The minimum absolute atomic E-state index is 0.0296. The number of aromatic nitrogens is 4. The number of rotatable bonds is 8. The first kappa shape index (κ1) is 22.4. The molecule has 0 unspecified atom stereocenters. The van der Waals surface area contributed by atoms with Crippen LogP contribution in [0, 0.1) is 5.92 Å². The summed E-state index contributed by atoms with van der Waals surface area (Å²) >= 11 is 0. The van der Waals surface area contributed by atoms with Gasteiger partial charge in [0.05, 0.1) is 19.3 Å². The van der Waals surface area contributed by atoms with E-state index in [0.717, 1.165) is 5.56 Å². The normalized spacial score (nSPS) is 14.2. The van der Waals surface area contributed by atoms with Gasteiger partial charge in [0.25, 0.3) is 0 Å². The van der Waals surface area contributed by atoms with Crippen LogP contribution in [-0.2, 0) is 16.1 Å². The summed E-state index contributed by atoms with van der Waals surface area (Å²) in [6, 6.07) is 17.0. The summed E-state index contributed by atoms with van der Waals surface area (Å²) in [5.74, 6) is 1.17. The lowest BCUT2D eigenvalue weighted by atomic mass is 9.95. The van der Waals surface area contributed by atoms with Crippen LogP contribution in [-0.4, -0.2) is 57.1 Å². The van der Waals surface area contributed by atoms with Crippen LogP contribution in [0.4, 0.5) is 5.69 Å². The maximum atomic E-state index is 12.7. The van der Waals surface area contributed by atoms with Crippen molar-refractivity contribution >= 4 is 17.5 Å². The third-order valence-corrected chi connectivity index (χ3v) is 5.82. The van der Waals surface area contributed by atoms with Crippen LogP contribution < -0.4 is 10.1 Å². The molecule has 1 aliphatic heterocycles. The van der Waals surface area contributed by atoms with Crippen LogP contribution in [0.15, 0.2) is 54.6 Å². The monoisotopic (exact) mass is 448 g/mol. The first-order valence-electron chi connectivity index (χ1n) is 11.2. The van der Waals surface area contributed by atoms with Crippen molar-refractivity contribution in [3.8, 4) is 17.1 Å². The molecule has 0 radical (unpaired) electrons. The molecule has 4 rings (SSSR count). The van der Waals surface area contributed by atoms with Crippen LogP contribution in [0.3, 0.4) is 0 Å². The van der Waals surface area contributed by atoms with E-state index in [1.807, 2.05) is 59.5 Å². The van der Waals surface area contributed by atoms with E-state index in [-0.39, 0.29) is 17.7 Å². The largest absolute Gasteiger partial charge is 0.495 e. The van der Waals surface area contributed by atoms with Gasteiger partial charge >= 0.3 is 0 Å². The van der Waals surface area contributed by atoms with Crippen LogP contribution in [0.2, 0.25) is 0 Å². The highest BCUT2D eigenvalue weighted by molar-refractivity contribution is 5.94. The molecule has 33 heavy (non-hydrogen) atoms. The molecular formula is C24H28N6O3. The Bertz CT molecular complexity index is 1080. The molecule has 0 saturated carbocycles. The van der Waals surface area contributed by atoms with Crippen LogP contribution in [0.25, 0.3) is 11.4 Å². The number of ether oxygens (including phenoxy) is 1. The average molecular weight is 449 g/mol. The summed E-state index contributed by atoms with van der Waals surface area (Å²) < 4.78 is 5.29. The zero-order chi connectivity index (χ0) is 23.0. The highest BCUT2D eigenvalue weighted by atomic mass is 16.5. The Kier molecular flexibility index (Phi) is 7.29. The van der Waals surface area contributed by atoms with Gasteiger partial charge in [0.2, 0.25) is 17.6 Å². The molecule has 2 aromatic carbocycles.